The van der Waals surface area contributed by atoms with Crippen LogP contribution in [0.5, 0.6) is 0 Å². The molecule has 1 atom stereocenters. The predicted molar refractivity (Wildman–Crippen MR) is 83.4 cm³/mol. The number of aromatic nitrogens is 4. The second-order valence-electron chi connectivity index (χ2n) is 4.52. The van der Waals surface area contributed by atoms with E-state index in [0.29, 0.717) is 5.16 Å². The topological polar surface area (TPSA) is 86.7 Å². The van der Waals surface area contributed by atoms with Crippen LogP contribution in [0, 0.1) is 0 Å². The lowest BCUT2D eigenvalue weighted by atomic mass is 10.1. The Hall–Kier alpha value is -2.67. The fraction of sp³-hybridized carbons (Fsp3) is 0.0667. The normalized spacial score (nSPS) is 12.0. The van der Waals surface area contributed by atoms with Gasteiger partial charge in [-0.3, -0.25) is 4.79 Å². The van der Waals surface area contributed by atoms with Crippen molar-refractivity contribution in [3.8, 4) is 5.69 Å². The molecular formula is C15H13N5OS. The van der Waals surface area contributed by atoms with Crippen LogP contribution in [0.4, 0.5) is 0 Å². The van der Waals surface area contributed by atoms with Crippen molar-refractivity contribution in [2.24, 2.45) is 5.73 Å². The highest BCUT2D eigenvalue weighted by molar-refractivity contribution is 8.00. The van der Waals surface area contributed by atoms with Crippen LogP contribution in [0.2, 0.25) is 0 Å². The molecule has 2 N–H and O–H groups in total. The Morgan fingerprint density at radius 2 is 1.68 bits per heavy atom. The molecule has 0 saturated heterocycles. The van der Waals surface area contributed by atoms with Crippen molar-refractivity contribution >= 4 is 17.7 Å². The Labute approximate surface area is 131 Å². The zero-order valence-corrected chi connectivity index (χ0v) is 12.4. The monoisotopic (exact) mass is 311 g/mol. The molecule has 3 rings (SSSR count). The number of tetrazole rings is 1. The number of primary amides is 1. The molecule has 0 spiro atoms. The molecule has 0 fully saturated rings. The van der Waals surface area contributed by atoms with Crippen molar-refractivity contribution in [2.75, 3.05) is 0 Å². The van der Waals surface area contributed by atoms with Gasteiger partial charge < -0.3 is 5.73 Å². The molecule has 0 aliphatic rings. The number of hydrogen-bond acceptors (Lipinski definition) is 5. The molecule has 1 amide bonds. The maximum atomic E-state index is 11.8. The number of amides is 1. The van der Waals surface area contributed by atoms with Crippen LogP contribution >= 0.6 is 11.8 Å². The number of carbonyl (C=O) groups excluding carboxylic acids is 1. The number of benzene rings is 2. The molecule has 2 aromatic carbocycles. The van der Waals surface area contributed by atoms with Crippen LogP contribution in [-0.2, 0) is 4.79 Å². The molecule has 0 aliphatic carbocycles. The molecule has 6 nitrogen and oxygen atoms in total. The molecule has 0 aliphatic heterocycles. The maximum Gasteiger partial charge on any atom is 0.235 e. The van der Waals surface area contributed by atoms with Crippen LogP contribution in [0.3, 0.4) is 0 Å². The first-order valence-electron chi connectivity index (χ1n) is 6.60. The van der Waals surface area contributed by atoms with E-state index in [1.165, 1.54) is 11.8 Å². The highest BCUT2D eigenvalue weighted by atomic mass is 32.2. The van der Waals surface area contributed by atoms with E-state index in [1.807, 2.05) is 60.7 Å². The number of carbonyl (C=O) groups is 1. The van der Waals surface area contributed by atoms with E-state index in [4.69, 9.17) is 5.73 Å². The van der Waals surface area contributed by atoms with Gasteiger partial charge in [-0.05, 0) is 28.1 Å². The van der Waals surface area contributed by atoms with Crippen LogP contribution in [-0.4, -0.2) is 26.1 Å². The summed E-state index contributed by atoms with van der Waals surface area (Å²) in [6.45, 7) is 0. The van der Waals surface area contributed by atoms with Crippen LogP contribution in [0.1, 0.15) is 10.8 Å². The summed E-state index contributed by atoms with van der Waals surface area (Å²) in [7, 11) is 0. The zero-order chi connectivity index (χ0) is 15.4. The molecule has 3 aromatic rings. The fourth-order valence-corrected chi connectivity index (χ4v) is 2.95. The predicted octanol–water partition coefficient (Wildman–Crippen LogP) is 1.98. The Kier molecular flexibility index (Phi) is 4.15. The van der Waals surface area contributed by atoms with E-state index < -0.39 is 11.2 Å². The average molecular weight is 311 g/mol. The number of rotatable bonds is 5. The summed E-state index contributed by atoms with van der Waals surface area (Å²) in [5.41, 5.74) is 7.18. The third kappa shape index (κ3) is 2.99. The third-order valence-electron chi connectivity index (χ3n) is 3.03. The fourth-order valence-electron chi connectivity index (χ4n) is 2.01. The minimum absolute atomic E-state index is 0.432. The standard InChI is InChI=1S/C15H13N5OS/c16-14(21)13(11-7-3-1-4-8-11)22-15-17-18-19-20(15)12-9-5-2-6-10-12/h1-10,13H,(H2,16,21). The van der Waals surface area contributed by atoms with E-state index in [2.05, 4.69) is 15.5 Å². The molecule has 1 aromatic heterocycles. The van der Waals surface area contributed by atoms with Crippen molar-refractivity contribution in [1.29, 1.82) is 0 Å². The highest BCUT2D eigenvalue weighted by Crippen LogP contribution is 2.34. The lowest BCUT2D eigenvalue weighted by molar-refractivity contribution is -0.117. The van der Waals surface area contributed by atoms with Crippen LogP contribution < -0.4 is 5.73 Å². The summed E-state index contributed by atoms with van der Waals surface area (Å²) in [6.07, 6.45) is 0. The molecule has 22 heavy (non-hydrogen) atoms. The van der Waals surface area contributed by atoms with E-state index in [0.717, 1.165) is 11.3 Å². The smallest absolute Gasteiger partial charge is 0.235 e. The largest absolute Gasteiger partial charge is 0.368 e. The van der Waals surface area contributed by atoms with E-state index in [9.17, 15) is 4.79 Å². The summed E-state index contributed by atoms with van der Waals surface area (Å²) in [4.78, 5) is 11.8. The van der Waals surface area contributed by atoms with E-state index in [-0.39, 0.29) is 0 Å². The number of nitrogens with zero attached hydrogens (tertiary/aromatic N) is 4. The second-order valence-corrected chi connectivity index (χ2v) is 5.59. The maximum absolute atomic E-state index is 11.8. The minimum atomic E-state index is -0.547. The minimum Gasteiger partial charge on any atom is -0.368 e. The van der Waals surface area contributed by atoms with E-state index >= 15 is 0 Å². The summed E-state index contributed by atoms with van der Waals surface area (Å²) in [5, 5.41) is 11.6. The van der Waals surface area contributed by atoms with Gasteiger partial charge in [0, 0.05) is 0 Å². The summed E-state index contributed by atoms with van der Waals surface area (Å²) in [5.74, 6) is -0.432. The first-order valence-corrected chi connectivity index (χ1v) is 7.48. The number of nitrogens with two attached hydrogens (primary N) is 1. The summed E-state index contributed by atoms with van der Waals surface area (Å²) >= 11 is 1.23. The van der Waals surface area contributed by atoms with Crippen molar-refractivity contribution in [3.05, 3.63) is 66.2 Å². The molecule has 1 unspecified atom stereocenters. The van der Waals surface area contributed by atoms with Gasteiger partial charge in [-0.1, -0.05) is 60.3 Å². The molecule has 7 heteroatoms. The molecule has 1 heterocycles. The summed E-state index contributed by atoms with van der Waals surface area (Å²) in [6, 6.07) is 18.8. The van der Waals surface area contributed by atoms with Crippen molar-refractivity contribution in [3.63, 3.8) is 0 Å². The lowest BCUT2D eigenvalue weighted by Gasteiger charge is -2.12. The van der Waals surface area contributed by atoms with Gasteiger partial charge in [0.2, 0.25) is 11.1 Å². The van der Waals surface area contributed by atoms with Gasteiger partial charge in [0.1, 0.15) is 5.25 Å². The Bertz CT molecular complexity index is 760. The van der Waals surface area contributed by atoms with Crippen molar-refractivity contribution in [1.82, 2.24) is 20.2 Å². The average Bonchev–Trinajstić information content (AvgIpc) is 3.02. The SMILES string of the molecule is NC(=O)C(Sc1nnnn1-c1ccccc1)c1ccccc1. The van der Waals surface area contributed by atoms with Crippen molar-refractivity contribution < 1.29 is 4.79 Å². The van der Waals surface area contributed by atoms with Gasteiger partial charge in [-0.2, -0.15) is 4.68 Å². The second kappa shape index (κ2) is 6.40. The number of para-hydroxylation sites is 1. The van der Waals surface area contributed by atoms with Crippen LogP contribution in [0.25, 0.3) is 5.69 Å². The Morgan fingerprint density at radius 1 is 1.05 bits per heavy atom. The van der Waals surface area contributed by atoms with Gasteiger partial charge >= 0.3 is 0 Å². The van der Waals surface area contributed by atoms with Gasteiger partial charge in [0.05, 0.1) is 5.69 Å². The van der Waals surface area contributed by atoms with Crippen molar-refractivity contribution in [2.45, 2.75) is 10.4 Å². The number of hydrogen-bond donors (Lipinski definition) is 1. The van der Waals surface area contributed by atoms with Gasteiger partial charge in [0.25, 0.3) is 0 Å². The first-order chi connectivity index (χ1) is 10.8. The molecule has 0 bridgehead atoms. The molecule has 0 radical (unpaired) electrons. The summed E-state index contributed by atoms with van der Waals surface area (Å²) < 4.78 is 1.59. The quantitative estimate of drug-likeness (QED) is 0.728. The van der Waals surface area contributed by atoms with Gasteiger partial charge in [-0.15, -0.1) is 5.10 Å². The molecule has 0 saturated carbocycles. The lowest BCUT2D eigenvalue weighted by Crippen LogP contribution is -2.19. The zero-order valence-electron chi connectivity index (χ0n) is 11.5. The Balaban J connectivity index is 1.92. The molecular weight excluding hydrogens is 298 g/mol. The van der Waals surface area contributed by atoms with Crippen LogP contribution in [0.15, 0.2) is 65.8 Å². The van der Waals surface area contributed by atoms with Gasteiger partial charge in [0.15, 0.2) is 0 Å². The highest BCUT2D eigenvalue weighted by Gasteiger charge is 2.23. The first kappa shape index (κ1) is 14.3. The van der Waals surface area contributed by atoms with Gasteiger partial charge in [-0.25, -0.2) is 0 Å². The number of thioether (sulfide) groups is 1. The molecule has 110 valence electrons. The van der Waals surface area contributed by atoms with E-state index in [1.54, 1.807) is 4.68 Å². The third-order valence-corrected chi connectivity index (χ3v) is 4.23. The Morgan fingerprint density at radius 3 is 2.32 bits per heavy atom.